The third-order valence-corrected chi connectivity index (χ3v) is 3.33. The van der Waals surface area contributed by atoms with Crippen LogP contribution in [0.15, 0.2) is 24.3 Å². The summed E-state index contributed by atoms with van der Waals surface area (Å²) in [6, 6.07) is 5.49. The number of anilines is 1. The second-order valence-corrected chi connectivity index (χ2v) is 5.30. The van der Waals surface area contributed by atoms with Gasteiger partial charge in [-0.2, -0.15) is 13.2 Å². The molecule has 0 aromatic heterocycles. The number of hydrogen-bond acceptors (Lipinski definition) is 5. The molecule has 0 bridgehead atoms. The summed E-state index contributed by atoms with van der Waals surface area (Å²) < 4.78 is 58.6. The van der Waals surface area contributed by atoms with Gasteiger partial charge in [-0.05, 0) is 6.07 Å². The van der Waals surface area contributed by atoms with Crippen molar-refractivity contribution in [3.63, 3.8) is 0 Å². The smallest absolute Gasteiger partial charge is 0.378 e. The Morgan fingerprint density at radius 1 is 1.20 bits per heavy atom. The van der Waals surface area contributed by atoms with Crippen LogP contribution in [0.1, 0.15) is 0 Å². The molecule has 20 heavy (non-hydrogen) atoms. The van der Waals surface area contributed by atoms with Crippen LogP contribution in [0.2, 0.25) is 0 Å². The van der Waals surface area contributed by atoms with E-state index in [-0.39, 0.29) is 17.9 Å². The number of nitro groups is 1. The Morgan fingerprint density at radius 3 is 2.35 bits per heavy atom. The van der Waals surface area contributed by atoms with Crippen LogP contribution in [0.4, 0.5) is 24.5 Å². The lowest BCUT2D eigenvalue weighted by Crippen LogP contribution is -2.38. The van der Waals surface area contributed by atoms with Gasteiger partial charge in [-0.1, -0.05) is 12.1 Å². The highest BCUT2D eigenvalue weighted by Gasteiger charge is 2.45. The van der Waals surface area contributed by atoms with Crippen LogP contribution in [-0.2, 0) is 10.0 Å². The summed E-state index contributed by atoms with van der Waals surface area (Å²) in [7, 11) is -5.40. The molecule has 0 aliphatic heterocycles. The molecule has 0 aliphatic carbocycles. The van der Waals surface area contributed by atoms with Crippen LogP contribution < -0.4 is 10.0 Å². The van der Waals surface area contributed by atoms with Crippen molar-refractivity contribution < 1.29 is 26.5 Å². The monoisotopic (exact) mass is 313 g/mol. The number of para-hydroxylation sites is 2. The minimum atomic E-state index is -5.40. The summed E-state index contributed by atoms with van der Waals surface area (Å²) >= 11 is 0. The van der Waals surface area contributed by atoms with Gasteiger partial charge in [0.1, 0.15) is 5.69 Å². The quantitative estimate of drug-likeness (QED) is 0.470. The molecule has 0 heterocycles. The van der Waals surface area contributed by atoms with Crippen LogP contribution >= 0.6 is 0 Å². The number of hydrogen-bond donors (Lipinski definition) is 2. The number of halogens is 3. The minimum absolute atomic E-state index is 0.0868. The summed E-state index contributed by atoms with van der Waals surface area (Å²) in [4.78, 5) is 9.99. The highest BCUT2D eigenvalue weighted by Crippen LogP contribution is 2.23. The molecule has 0 radical (unpaired) electrons. The maximum Gasteiger partial charge on any atom is 0.511 e. The van der Waals surface area contributed by atoms with Gasteiger partial charge in [0.25, 0.3) is 5.69 Å². The molecule has 0 spiro atoms. The SMILES string of the molecule is O=[N+]([O-])c1ccccc1NCCNS(=O)(=O)C(F)(F)F. The molecule has 112 valence electrons. The molecule has 0 amide bonds. The van der Waals surface area contributed by atoms with Crippen LogP contribution in [0, 0.1) is 10.1 Å². The van der Waals surface area contributed by atoms with Gasteiger partial charge in [0.2, 0.25) is 0 Å². The first-order valence-corrected chi connectivity index (χ1v) is 6.66. The molecule has 0 aliphatic rings. The molecule has 0 saturated carbocycles. The van der Waals surface area contributed by atoms with E-state index in [1.165, 1.54) is 29.0 Å². The van der Waals surface area contributed by atoms with Crippen molar-refractivity contribution in [3.8, 4) is 0 Å². The molecule has 1 rings (SSSR count). The number of rotatable bonds is 6. The van der Waals surface area contributed by atoms with Gasteiger partial charge in [0, 0.05) is 19.2 Å². The summed E-state index contributed by atoms with van der Waals surface area (Å²) in [6.07, 6.45) is 0. The van der Waals surface area contributed by atoms with E-state index in [1.54, 1.807) is 0 Å². The average molecular weight is 313 g/mol. The largest absolute Gasteiger partial charge is 0.511 e. The van der Waals surface area contributed by atoms with Crippen molar-refractivity contribution >= 4 is 21.4 Å². The average Bonchev–Trinajstić information content (AvgIpc) is 2.33. The zero-order chi connectivity index (χ0) is 15.4. The molecule has 1 aromatic carbocycles. The number of benzene rings is 1. The van der Waals surface area contributed by atoms with Gasteiger partial charge in [0.15, 0.2) is 0 Å². The second-order valence-electron chi connectivity index (χ2n) is 3.54. The van der Waals surface area contributed by atoms with Crippen molar-refractivity contribution in [3.05, 3.63) is 34.4 Å². The fraction of sp³-hybridized carbons (Fsp3) is 0.333. The van der Waals surface area contributed by atoms with E-state index in [1.807, 2.05) is 0 Å². The Kier molecular flexibility index (Phi) is 4.89. The molecule has 0 atom stereocenters. The van der Waals surface area contributed by atoms with Gasteiger partial charge < -0.3 is 5.32 Å². The third-order valence-electron chi connectivity index (χ3n) is 2.14. The van der Waals surface area contributed by atoms with E-state index in [2.05, 4.69) is 5.32 Å². The van der Waals surface area contributed by atoms with Gasteiger partial charge in [-0.25, -0.2) is 13.1 Å². The highest BCUT2D eigenvalue weighted by atomic mass is 32.2. The fourth-order valence-corrected chi connectivity index (χ4v) is 1.78. The molecule has 1 aromatic rings. The molecule has 2 N–H and O–H groups in total. The lowest BCUT2D eigenvalue weighted by molar-refractivity contribution is -0.384. The van der Waals surface area contributed by atoms with Crippen molar-refractivity contribution in [2.45, 2.75) is 5.51 Å². The first-order chi connectivity index (χ1) is 9.15. The van der Waals surface area contributed by atoms with E-state index in [0.717, 1.165) is 0 Å². The molecular formula is C9H10F3N3O4S. The predicted octanol–water partition coefficient (Wildman–Crippen LogP) is 1.45. The Hall–Kier alpha value is -1.88. The van der Waals surface area contributed by atoms with E-state index >= 15 is 0 Å². The van der Waals surface area contributed by atoms with E-state index in [4.69, 9.17) is 0 Å². The Bertz CT molecular complexity index is 588. The number of alkyl halides is 3. The van der Waals surface area contributed by atoms with Crippen molar-refractivity contribution in [2.24, 2.45) is 0 Å². The Morgan fingerprint density at radius 2 is 1.80 bits per heavy atom. The van der Waals surface area contributed by atoms with Crippen LogP contribution in [-0.4, -0.2) is 31.9 Å². The third kappa shape index (κ3) is 4.06. The first-order valence-electron chi connectivity index (χ1n) is 5.18. The van der Waals surface area contributed by atoms with Gasteiger partial charge in [0.05, 0.1) is 4.92 Å². The Labute approximate surface area is 112 Å². The molecule has 0 unspecified atom stereocenters. The van der Waals surface area contributed by atoms with Crippen LogP contribution in [0.25, 0.3) is 0 Å². The standard InChI is InChI=1S/C9H10F3N3O4S/c10-9(11,12)20(18,19)14-6-5-13-7-3-1-2-4-8(7)15(16)17/h1-4,13-14H,5-6H2. The number of nitro benzene ring substituents is 1. The summed E-state index contributed by atoms with van der Waals surface area (Å²) in [5, 5.41) is 13.1. The second kappa shape index (κ2) is 6.05. The lowest BCUT2D eigenvalue weighted by atomic mass is 10.2. The Balaban J connectivity index is 2.57. The normalized spacial score (nSPS) is 12.2. The van der Waals surface area contributed by atoms with Crippen molar-refractivity contribution in [1.29, 1.82) is 0 Å². The predicted molar refractivity (Wildman–Crippen MR) is 64.6 cm³/mol. The molecule has 0 fully saturated rings. The summed E-state index contributed by atoms with van der Waals surface area (Å²) in [5.74, 6) is 0. The maximum absolute atomic E-state index is 12.0. The van der Waals surface area contributed by atoms with Crippen LogP contribution in [0.3, 0.4) is 0 Å². The topological polar surface area (TPSA) is 101 Å². The van der Waals surface area contributed by atoms with Gasteiger partial charge in [-0.15, -0.1) is 0 Å². The number of sulfonamides is 1. The summed E-state index contributed by atoms with van der Waals surface area (Å²) in [5.41, 5.74) is -5.55. The summed E-state index contributed by atoms with van der Waals surface area (Å²) in [6.45, 7) is -0.798. The lowest BCUT2D eigenvalue weighted by Gasteiger charge is -2.10. The van der Waals surface area contributed by atoms with E-state index < -0.39 is 27.0 Å². The number of nitrogens with one attached hydrogen (secondary N) is 2. The first kappa shape index (κ1) is 16.2. The zero-order valence-electron chi connectivity index (χ0n) is 9.85. The van der Waals surface area contributed by atoms with Crippen molar-refractivity contribution in [2.75, 3.05) is 18.4 Å². The minimum Gasteiger partial charge on any atom is -0.378 e. The van der Waals surface area contributed by atoms with Crippen LogP contribution in [0.5, 0.6) is 0 Å². The molecule has 7 nitrogen and oxygen atoms in total. The zero-order valence-corrected chi connectivity index (χ0v) is 10.7. The van der Waals surface area contributed by atoms with E-state index in [9.17, 15) is 31.7 Å². The number of nitrogens with zero attached hydrogens (tertiary/aromatic N) is 1. The van der Waals surface area contributed by atoms with Gasteiger partial charge >= 0.3 is 15.5 Å². The van der Waals surface area contributed by atoms with Gasteiger partial charge in [-0.3, -0.25) is 10.1 Å². The van der Waals surface area contributed by atoms with E-state index in [0.29, 0.717) is 0 Å². The van der Waals surface area contributed by atoms with Crippen molar-refractivity contribution in [1.82, 2.24) is 4.72 Å². The molecule has 11 heteroatoms. The fourth-order valence-electron chi connectivity index (χ4n) is 1.25. The molecule has 0 saturated heterocycles. The molecular weight excluding hydrogens is 303 g/mol. The highest BCUT2D eigenvalue weighted by molar-refractivity contribution is 7.90. The maximum atomic E-state index is 12.0.